The highest BCUT2D eigenvalue weighted by atomic mass is 15.0. The maximum absolute atomic E-state index is 2.53. The van der Waals surface area contributed by atoms with E-state index in [1.54, 1.807) is 0 Å². The van der Waals surface area contributed by atoms with E-state index in [1.807, 2.05) is 0 Å². The molecule has 4 nitrogen and oxygen atoms in total. The number of hydrogen-bond donors (Lipinski definition) is 0. The fourth-order valence-corrected chi connectivity index (χ4v) is 12.9. The Balaban J connectivity index is 1.00. The van der Waals surface area contributed by atoms with Gasteiger partial charge in [-0.3, -0.25) is 0 Å². The topological polar surface area (TPSA) is 19.7 Å². The Bertz CT molecular complexity index is 4190. The van der Waals surface area contributed by atoms with E-state index in [-0.39, 0.29) is 0 Å². The van der Waals surface area contributed by atoms with Crippen LogP contribution in [0.25, 0.3) is 110 Å². The zero-order valence-electron chi connectivity index (χ0n) is 37.4. The maximum Gasteiger partial charge on any atom is 0.0788 e. The third-order valence-electron chi connectivity index (χ3n) is 15.6. The molecule has 320 valence electrons. The van der Waals surface area contributed by atoms with Gasteiger partial charge >= 0.3 is 0 Å². The Kier molecular flexibility index (Phi) is 7.24. The van der Waals surface area contributed by atoms with Crippen LogP contribution in [0.4, 0.5) is 0 Å². The van der Waals surface area contributed by atoms with Crippen molar-refractivity contribution < 1.29 is 0 Å². The average Bonchev–Trinajstić information content (AvgIpc) is 4.27. The first-order valence-electron chi connectivity index (χ1n) is 23.9. The Labute approximate surface area is 397 Å². The van der Waals surface area contributed by atoms with Crippen molar-refractivity contribution in [3.63, 3.8) is 0 Å². The second kappa shape index (κ2) is 13.5. The van der Waals surface area contributed by atoms with Gasteiger partial charge in [0.05, 0.1) is 38.5 Å². The summed E-state index contributed by atoms with van der Waals surface area (Å²) in [6.45, 7) is 0. The Morgan fingerprint density at radius 1 is 0.261 bits per heavy atom. The fraction of sp³-hybridized carbons (Fsp3) is 0.0154. The SMILES string of the molecule is c1ccc(-n2ccc3ccc4c5ccccc5n(-c5ccc6c(c5)C5(c7ccccc7-c7ccccc75)c5cc(-n7c8ccccc8c8ccc9ccn(-c%10ccccc%10)c9c87)ccc5-6)c4c32)cc1. The quantitative estimate of drug-likeness (QED) is 0.168. The maximum atomic E-state index is 2.53. The van der Waals surface area contributed by atoms with Crippen LogP contribution in [0.1, 0.15) is 22.3 Å². The first-order valence-corrected chi connectivity index (χ1v) is 23.9. The fourth-order valence-electron chi connectivity index (χ4n) is 12.9. The van der Waals surface area contributed by atoms with E-state index in [1.165, 1.54) is 110 Å². The number of hydrogen-bond acceptors (Lipinski definition) is 0. The van der Waals surface area contributed by atoms with Crippen molar-refractivity contribution in [2.45, 2.75) is 5.41 Å². The molecule has 16 rings (SSSR count). The van der Waals surface area contributed by atoms with Crippen LogP contribution in [-0.2, 0) is 5.41 Å². The van der Waals surface area contributed by atoms with E-state index in [2.05, 4.69) is 261 Å². The van der Waals surface area contributed by atoms with Gasteiger partial charge in [-0.05, 0) is 117 Å². The Morgan fingerprint density at radius 3 is 1.14 bits per heavy atom. The summed E-state index contributed by atoms with van der Waals surface area (Å²) in [6, 6.07) is 86.0. The molecule has 0 radical (unpaired) electrons. The van der Waals surface area contributed by atoms with Crippen molar-refractivity contribution in [2.24, 2.45) is 0 Å². The summed E-state index contributed by atoms with van der Waals surface area (Å²) in [5, 5.41) is 7.40. The summed E-state index contributed by atoms with van der Waals surface area (Å²) in [5.74, 6) is 0. The number of aromatic nitrogens is 4. The van der Waals surface area contributed by atoms with Gasteiger partial charge in [0.15, 0.2) is 0 Å². The van der Waals surface area contributed by atoms with Crippen molar-refractivity contribution in [1.29, 1.82) is 0 Å². The highest BCUT2D eigenvalue weighted by Crippen LogP contribution is 2.63. The predicted octanol–water partition coefficient (Wildman–Crippen LogP) is 16.1. The summed E-state index contributed by atoms with van der Waals surface area (Å²) >= 11 is 0. The lowest BCUT2D eigenvalue weighted by Gasteiger charge is -2.31. The molecular formula is C65H40N4. The average molecular weight is 877 g/mol. The lowest BCUT2D eigenvalue weighted by atomic mass is 9.70. The zero-order valence-corrected chi connectivity index (χ0v) is 37.4. The van der Waals surface area contributed by atoms with E-state index in [0.717, 1.165) is 22.7 Å². The molecule has 4 heteroatoms. The highest BCUT2D eigenvalue weighted by molar-refractivity contribution is 6.19. The van der Waals surface area contributed by atoms with Crippen molar-refractivity contribution in [3.8, 4) is 45.0 Å². The molecule has 2 aliphatic rings. The molecule has 0 atom stereocenters. The molecule has 0 bridgehead atoms. The molecule has 0 aliphatic heterocycles. The summed E-state index contributed by atoms with van der Waals surface area (Å²) in [5.41, 5.74) is 21.6. The molecule has 0 saturated carbocycles. The van der Waals surface area contributed by atoms with Crippen molar-refractivity contribution in [3.05, 3.63) is 265 Å². The molecular weight excluding hydrogens is 837 g/mol. The first kappa shape index (κ1) is 37.0. The summed E-state index contributed by atoms with van der Waals surface area (Å²) in [7, 11) is 0. The lowest BCUT2D eigenvalue weighted by Crippen LogP contribution is -2.26. The molecule has 4 heterocycles. The monoisotopic (exact) mass is 876 g/mol. The van der Waals surface area contributed by atoms with Crippen LogP contribution in [0.2, 0.25) is 0 Å². The van der Waals surface area contributed by atoms with Gasteiger partial charge in [-0.15, -0.1) is 0 Å². The van der Waals surface area contributed by atoms with E-state index in [0.29, 0.717) is 0 Å². The molecule has 69 heavy (non-hydrogen) atoms. The molecule has 0 saturated heterocycles. The van der Waals surface area contributed by atoms with Gasteiger partial charge in [0.25, 0.3) is 0 Å². The second-order valence-corrected chi connectivity index (χ2v) is 18.8. The van der Waals surface area contributed by atoms with Crippen LogP contribution in [0.3, 0.4) is 0 Å². The molecule has 0 amide bonds. The van der Waals surface area contributed by atoms with Crippen LogP contribution in [0, 0.1) is 0 Å². The highest BCUT2D eigenvalue weighted by Gasteiger charge is 2.52. The largest absolute Gasteiger partial charge is 0.315 e. The first-order chi connectivity index (χ1) is 34.3. The number of rotatable bonds is 4. The molecule has 0 fully saturated rings. The predicted molar refractivity (Wildman–Crippen MR) is 285 cm³/mol. The summed E-state index contributed by atoms with van der Waals surface area (Å²) in [6.07, 6.45) is 4.45. The summed E-state index contributed by atoms with van der Waals surface area (Å²) in [4.78, 5) is 0. The van der Waals surface area contributed by atoms with Gasteiger partial charge < -0.3 is 18.3 Å². The van der Waals surface area contributed by atoms with Crippen molar-refractivity contribution in [1.82, 2.24) is 18.3 Å². The van der Waals surface area contributed by atoms with E-state index in [4.69, 9.17) is 0 Å². The normalized spacial score (nSPS) is 13.3. The van der Waals surface area contributed by atoms with Gasteiger partial charge in [0, 0.05) is 67.5 Å². The van der Waals surface area contributed by atoms with Gasteiger partial charge in [0.1, 0.15) is 0 Å². The van der Waals surface area contributed by atoms with Gasteiger partial charge in [-0.25, -0.2) is 0 Å². The van der Waals surface area contributed by atoms with Crippen LogP contribution in [-0.4, -0.2) is 18.3 Å². The molecule has 2 aliphatic carbocycles. The number of fused-ring (bicyclic) bond motifs is 20. The van der Waals surface area contributed by atoms with E-state index >= 15 is 0 Å². The van der Waals surface area contributed by atoms with Crippen LogP contribution >= 0.6 is 0 Å². The smallest absolute Gasteiger partial charge is 0.0788 e. The molecule has 4 aromatic heterocycles. The van der Waals surface area contributed by atoms with Gasteiger partial charge in [-0.2, -0.15) is 0 Å². The second-order valence-electron chi connectivity index (χ2n) is 18.8. The van der Waals surface area contributed by atoms with Crippen LogP contribution < -0.4 is 0 Å². The van der Waals surface area contributed by atoms with E-state index in [9.17, 15) is 0 Å². The third kappa shape index (κ3) is 4.72. The Morgan fingerprint density at radius 2 is 0.667 bits per heavy atom. The number of para-hydroxylation sites is 4. The minimum Gasteiger partial charge on any atom is -0.315 e. The Hall–Kier alpha value is -9.12. The molecule has 0 N–H and O–H groups in total. The molecule has 0 unspecified atom stereocenters. The van der Waals surface area contributed by atoms with Crippen LogP contribution in [0.15, 0.2) is 243 Å². The third-order valence-corrected chi connectivity index (χ3v) is 15.6. The minimum atomic E-state index is -0.583. The van der Waals surface area contributed by atoms with Crippen LogP contribution in [0.5, 0.6) is 0 Å². The van der Waals surface area contributed by atoms with Crippen molar-refractivity contribution >= 4 is 65.4 Å². The molecule has 14 aromatic rings. The zero-order chi connectivity index (χ0) is 45.0. The van der Waals surface area contributed by atoms with Gasteiger partial charge in [-0.1, -0.05) is 158 Å². The number of nitrogens with zero attached hydrogens (tertiary/aromatic N) is 4. The molecule has 10 aromatic carbocycles. The van der Waals surface area contributed by atoms with E-state index < -0.39 is 5.41 Å². The lowest BCUT2D eigenvalue weighted by molar-refractivity contribution is 0.791. The number of benzene rings is 10. The van der Waals surface area contributed by atoms with Gasteiger partial charge in [0.2, 0.25) is 0 Å². The van der Waals surface area contributed by atoms with Crippen molar-refractivity contribution in [2.75, 3.05) is 0 Å². The molecule has 1 spiro atoms. The summed E-state index contributed by atoms with van der Waals surface area (Å²) < 4.78 is 9.80. The standard InChI is InChI=1S/C65H40N4/c1-3-15-43(16-4-1)66-37-35-41-27-31-53-51-21-9-13-25-59(51)68(63(53)61(41)66)45-29-33-49-50-34-30-46(40-58(50)65(57(49)39-45)55-23-11-7-19-47(55)48-20-8-12-24-56(48)65)69-60-26-14-10-22-52(60)54-32-28-42-36-38-67(62(42)64(54)69)44-17-5-2-6-18-44/h1-40H. The minimum absolute atomic E-state index is 0.583.